The number of carbonyl (C=O) groups excluding carboxylic acids is 1. The maximum atomic E-state index is 11.2. The Morgan fingerprint density at radius 1 is 1.64 bits per heavy atom. The fourth-order valence-corrected chi connectivity index (χ4v) is 1.39. The monoisotopic (exact) mass is 237 g/mol. The van der Waals surface area contributed by atoms with Gasteiger partial charge in [-0.2, -0.15) is 0 Å². The summed E-state index contributed by atoms with van der Waals surface area (Å²) in [6.07, 6.45) is -0.970. The number of halogens is 1. The zero-order chi connectivity index (χ0) is 10.6. The molecule has 3 N–H and O–H groups in total. The van der Waals surface area contributed by atoms with Crippen LogP contribution in [0, 0.1) is 0 Å². The van der Waals surface area contributed by atoms with Crippen LogP contribution in [0.2, 0.25) is 4.47 Å². The average Bonchev–Trinajstić information content (AvgIpc) is 2.60. The van der Waals surface area contributed by atoms with E-state index in [9.17, 15) is 4.79 Å². The van der Waals surface area contributed by atoms with E-state index in [4.69, 9.17) is 21.8 Å². The fraction of sp³-hybridized carbons (Fsp3) is 0.500. The molecule has 78 valence electrons. The zero-order valence-corrected chi connectivity index (χ0v) is 8.55. The first-order chi connectivity index (χ1) is 6.63. The summed E-state index contributed by atoms with van der Waals surface area (Å²) in [6, 6.07) is 0. The van der Waals surface area contributed by atoms with Gasteiger partial charge in [-0.05, 0) is 11.6 Å². The predicted molar refractivity (Wildman–Crippen MR) is 50.3 cm³/mol. The largest absolute Gasteiger partial charge is 0.394 e. The van der Waals surface area contributed by atoms with Gasteiger partial charge in [0.2, 0.25) is 9.47 Å². The molecule has 0 aromatic carbocycles. The second-order valence-electron chi connectivity index (χ2n) is 2.41. The molecule has 0 aliphatic rings. The van der Waals surface area contributed by atoms with Crippen molar-refractivity contribution in [3.05, 3.63) is 9.47 Å². The highest BCUT2D eigenvalue weighted by Crippen LogP contribution is 2.14. The van der Waals surface area contributed by atoms with E-state index in [1.54, 1.807) is 0 Å². The molecule has 0 saturated carbocycles. The van der Waals surface area contributed by atoms with Crippen molar-refractivity contribution in [1.82, 2.24) is 15.5 Å². The zero-order valence-electron chi connectivity index (χ0n) is 6.97. The van der Waals surface area contributed by atoms with Crippen LogP contribution in [0.15, 0.2) is 0 Å². The van der Waals surface area contributed by atoms with E-state index in [2.05, 4.69) is 15.5 Å². The van der Waals surface area contributed by atoms with Gasteiger partial charge in [-0.25, -0.2) is 0 Å². The van der Waals surface area contributed by atoms with Crippen molar-refractivity contribution < 1.29 is 15.0 Å². The topological polar surface area (TPSA) is 95.3 Å². The lowest BCUT2D eigenvalue weighted by Gasteiger charge is -2.06. The molecule has 0 spiro atoms. The molecule has 8 heteroatoms. The quantitative estimate of drug-likeness (QED) is 0.642. The Morgan fingerprint density at radius 2 is 2.36 bits per heavy atom. The summed E-state index contributed by atoms with van der Waals surface area (Å²) >= 11 is 6.41. The molecule has 0 radical (unpaired) electrons. The third-order valence-electron chi connectivity index (χ3n) is 1.30. The minimum Gasteiger partial charge on any atom is -0.394 e. The SMILES string of the molecule is O=C(NCC(O)CO)c1nnc(Cl)s1. The second kappa shape index (κ2) is 5.20. The van der Waals surface area contributed by atoms with Crippen molar-refractivity contribution in [3.8, 4) is 0 Å². The molecule has 0 fully saturated rings. The lowest BCUT2D eigenvalue weighted by Crippen LogP contribution is -2.33. The molecule has 14 heavy (non-hydrogen) atoms. The van der Waals surface area contributed by atoms with Crippen molar-refractivity contribution in [2.24, 2.45) is 0 Å². The van der Waals surface area contributed by atoms with Crippen molar-refractivity contribution in [2.75, 3.05) is 13.2 Å². The summed E-state index contributed by atoms with van der Waals surface area (Å²) in [7, 11) is 0. The third-order valence-corrected chi connectivity index (χ3v) is 2.32. The number of hydrogen-bond acceptors (Lipinski definition) is 6. The number of aliphatic hydroxyl groups is 2. The van der Waals surface area contributed by atoms with Crippen LogP contribution in [-0.2, 0) is 0 Å². The maximum Gasteiger partial charge on any atom is 0.282 e. The smallest absolute Gasteiger partial charge is 0.282 e. The molecular formula is C6H8ClN3O3S. The van der Waals surface area contributed by atoms with Gasteiger partial charge < -0.3 is 15.5 Å². The van der Waals surface area contributed by atoms with E-state index in [1.807, 2.05) is 0 Å². The van der Waals surface area contributed by atoms with Gasteiger partial charge in [0, 0.05) is 6.54 Å². The van der Waals surface area contributed by atoms with E-state index in [-0.39, 0.29) is 16.0 Å². The van der Waals surface area contributed by atoms with Crippen LogP contribution in [0.4, 0.5) is 0 Å². The number of rotatable bonds is 4. The highest BCUT2D eigenvalue weighted by atomic mass is 35.5. The molecule has 1 rings (SSSR count). The first-order valence-electron chi connectivity index (χ1n) is 3.69. The maximum absolute atomic E-state index is 11.2. The van der Waals surface area contributed by atoms with Crippen LogP contribution in [0.1, 0.15) is 9.80 Å². The summed E-state index contributed by atoms with van der Waals surface area (Å²) in [5, 5.41) is 26.8. The molecular weight excluding hydrogens is 230 g/mol. The Bertz CT molecular complexity index is 319. The van der Waals surface area contributed by atoms with Crippen LogP contribution in [0.25, 0.3) is 0 Å². The Labute approximate surface area is 88.5 Å². The number of aromatic nitrogens is 2. The van der Waals surface area contributed by atoms with E-state index in [0.29, 0.717) is 0 Å². The number of hydrogen-bond donors (Lipinski definition) is 3. The van der Waals surface area contributed by atoms with Crippen LogP contribution in [0.5, 0.6) is 0 Å². The Morgan fingerprint density at radius 3 is 2.86 bits per heavy atom. The molecule has 1 aromatic heterocycles. The van der Waals surface area contributed by atoms with E-state index >= 15 is 0 Å². The van der Waals surface area contributed by atoms with Gasteiger partial charge in [0.15, 0.2) is 0 Å². The molecule has 0 aliphatic heterocycles. The third kappa shape index (κ3) is 3.18. The molecule has 1 unspecified atom stereocenters. The Hall–Kier alpha value is -0.760. The van der Waals surface area contributed by atoms with Crippen LogP contribution >= 0.6 is 22.9 Å². The van der Waals surface area contributed by atoms with E-state index < -0.39 is 18.6 Å². The molecule has 1 atom stereocenters. The molecule has 1 aromatic rings. The standard InChI is InChI=1S/C6H8ClN3O3S/c7-6-10-9-5(14-6)4(13)8-1-3(12)2-11/h3,11-12H,1-2H2,(H,8,13). The number of amides is 1. The summed E-state index contributed by atoms with van der Waals surface area (Å²) in [5.41, 5.74) is 0. The lowest BCUT2D eigenvalue weighted by atomic mass is 10.4. The number of nitrogens with one attached hydrogen (secondary N) is 1. The summed E-state index contributed by atoms with van der Waals surface area (Å²) in [5.74, 6) is -0.470. The molecule has 6 nitrogen and oxygen atoms in total. The minimum atomic E-state index is -0.970. The van der Waals surface area contributed by atoms with Crippen molar-refractivity contribution in [3.63, 3.8) is 0 Å². The van der Waals surface area contributed by atoms with Gasteiger partial charge in [-0.3, -0.25) is 4.79 Å². The molecule has 0 aliphatic carbocycles. The first-order valence-corrected chi connectivity index (χ1v) is 4.89. The van der Waals surface area contributed by atoms with Gasteiger partial charge in [-0.15, -0.1) is 10.2 Å². The molecule has 1 amide bonds. The van der Waals surface area contributed by atoms with Gasteiger partial charge in [0.05, 0.1) is 12.7 Å². The van der Waals surface area contributed by atoms with Crippen LogP contribution < -0.4 is 5.32 Å². The minimum absolute atomic E-state index is 0.0352. The fourth-order valence-electron chi connectivity index (χ4n) is 0.648. The average molecular weight is 238 g/mol. The Balaban J connectivity index is 2.43. The summed E-state index contributed by atoms with van der Waals surface area (Å²) < 4.78 is 0.179. The number of nitrogens with zero attached hydrogens (tertiary/aromatic N) is 2. The van der Waals surface area contributed by atoms with Gasteiger partial charge in [0.25, 0.3) is 5.91 Å². The lowest BCUT2D eigenvalue weighted by molar-refractivity contribution is 0.0801. The van der Waals surface area contributed by atoms with Crippen molar-refractivity contribution in [2.45, 2.75) is 6.10 Å². The molecule has 1 heterocycles. The van der Waals surface area contributed by atoms with Crippen LogP contribution in [-0.4, -0.2) is 45.6 Å². The molecule has 0 bridgehead atoms. The number of aliphatic hydroxyl groups excluding tert-OH is 2. The van der Waals surface area contributed by atoms with Crippen molar-refractivity contribution >= 4 is 28.8 Å². The second-order valence-corrected chi connectivity index (χ2v) is 3.97. The van der Waals surface area contributed by atoms with Gasteiger partial charge >= 0.3 is 0 Å². The highest BCUT2D eigenvalue weighted by molar-refractivity contribution is 7.17. The van der Waals surface area contributed by atoms with E-state index in [1.165, 1.54) is 0 Å². The van der Waals surface area contributed by atoms with Crippen LogP contribution in [0.3, 0.4) is 0 Å². The first kappa shape index (κ1) is 11.3. The highest BCUT2D eigenvalue weighted by Gasteiger charge is 2.12. The number of carbonyl (C=O) groups is 1. The van der Waals surface area contributed by atoms with E-state index in [0.717, 1.165) is 11.3 Å². The Kier molecular flexibility index (Phi) is 4.21. The predicted octanol–water partition coefficient (Wildman–Crippen LogP) is -0.726. The summed E-state index contributed by atoms with van der Waals surface area (Å²) in [6.45, 7) is -0.441. The molecule has 0 saturated heterocycles. The normalized spacial score (nSPS) is 12.5. The summed E-state index contributed by atoms with van der Waals surface area (Å²) in [4.78, 5) is 11.2. The van der Waals surface area contributed by atoms with Gasteiger partial charge in [-0.1, -0.05) is 11.3 Å². The van der Waals surface area contributed by atoms with Crippen molar-refractivity contribution in [1.29, 1.82) is 0 Å². The van der Waals surface area contributed by atoms with Gasteiger partial charge in [0.1, 0.15) is 0 Å².